The highest BCUT2D eigenvalue weighted by Gasteiger charge is 2.36. The molecule has 0 radical (unpaired) electrons. The van der Waals surface area contributed by atoms with E-state index in [9.17, 15) is 9.59 Å². The Labute approximate surface area is 175 Å². The molecule has 0 unspecified atom stereocenters. The molecule has 0 atom stereocenters. The van der Waals surface area contributed by atoms with Crippen LogP contribution in [0.2, 0.25) is 0 Å². The van der Waals surface area contributed by atoms with Gasteiger partial charge in [-0.25, -0.2) is 0 Å². The van der Waals surface area contributed by atoms with Crippen molar-refractivity contribution in [1.29, 1.82) is 0 Å². The zero-order chi connectivity index (χ0) is 21.0. The molecule has 2 aromatic rings. The molecule has 0 aromatic heterocycles. The van der Waals surface area contributed by atoms with Crippen LogP contribution >= 0.6 is 12.2 Å². The summed E-state index contributed by atoms with van der Waals surface area (Å²) in [5.74, 6) is -0.115. The number of methoxy groups -OCH3 is 1. The van der Waals surface area contributed by atoms with E-state index in [0.29, 0.717) is 12.3 Å². The number of esters is 1. The molecule has 1 aliphatic rings. The lowest BCUT2D eigenvalue weighted by Gasteiger charge is -2.14. The molecule has 7 heteroatoms. The van der Waals surface area contributed by atoms with Crippen molar-refractivity contribution in [2.24, 2.45) is 0 Å². The van der Waals surface area contributed by atoms with Gasteiger partial charge >= 0.3 is 5.97 Å². The molecule has 0 saturated carbocycles. The van der Waals surface area contributed by atoms with E-state index in [1.165, 1.54) is 17.6 Å². The number of benzene rings is 2. The van der Waals surface area contributed by atoms with Crippen molar-refractivity contribution in [3.05, 3.63) is 70.9 Å². The summed E-state index contributed by atoms with van der Waals surface area (Å²) in [6.07, 6.45) is 1.73. The van der Waals surface area contributed by atoms with Crippen LogP contribution in [0.3, 0.4) is 0 Å². The van der Waals surface area contributed by atoms with Crippen LogP contribution in [0.25, 0.3) is 6.08 Å². The van der Waals surface area contributed by atoms with E-state index in [1.54, 1.807) is 18.0 Å². The maximum absolute atomic E-state index is 12.6. The predicted octanol–water partition coefficient (Wildman–Crippen LogP) is 3.15. The normalized spacial score (nSPS) is 15.2. The second kappa shape index (κ2) is 8.87. The lowest BCUT2D eigenvalue weighted by atomic mass is 10.1. The van der Waals surface area contributed by atoms with Crippen molar-refractivity contribution >= 4 is 35.3 Å². The molecular weight excluding hydrogens is 388 g/mol. The zero-order valence-electron chi connectivity index (χ0n) is 16.5. The third-order valence-electron chi connectivity index (χ3n) is 4.53. The summed E-state index contributed by atoms with van der Waals surface area (Å²) in [6, 6.07) is 15.6. The molecule has 2 aromatic carbocycles. The molecule has 1 amide bonds. The van der Waals surface area contributed by atoms with Crippen LogP contribution in [-0.2, 0) is 20.9 Å². The van der Waals surface area contributed by atoms with Crippen molar-refractivity contribution in [3.63, 3.8) is 0 Å². The summed E-state index contributed by atoms with van der Waals surface area (Å²) in [6.45, 7) is 2.33. The second-order valence-corrected chi connectivity index (χ2v) is 7.05. The van der Waals surface area contributed by atoms with E-state index in [1.807, 2.05) is 49.4 Å². The van der Waals surface area contributed by atoms with Crippen LogP contribution in [0.5, 0.6) is 5.75 Å². The molecule has 1 fully saturated rings. The Morgan fingerprint density at radius 1 is 1.17 bits per heavy atom. The fourth-order valence-electron chi connectivity index (χ4n) is 2.93. The largest absolute Gasteiger partial charge is 0.489 e. The average Bonchev–Trinajstić information content (AvgIpc) is 2.91. The zero-order valence-corrected chi connectivity index (χ0v) is 17.4. The summed E-state index contributed by atoms with van der Waals surface area (Å²) in [4.78, 5) is 27.0. The third-order valence-corrected chi connectivity index (χ3v) is 5.02. The average molecular weight is 410 g/mol. The smallest absolute Gasteiger partial charge is 0.325 e. The van der Waals surface area contributed by atoms with Gasteiger partial charge in [0.15, 0.2) is 5.11 Å². The number of nitrogens with zero attached hydrogens (tertiary/aromatic N) is 2. The molecule has 1 heterocycles. The highest BCUT2D eigenvalue weighted by molar-refractivity contribution is 7.80. The molecule has 0 N–H and O–H groups in total. The number of carbonyl (C=O) groups excluding carboxylic acids is 2. The van der Waals surface area contributed by atoms with Gasteiger partial charge in [-0.15, -0.1) is 0 Å². The summed E-state index contributed by atoms with van der Waals surface area (Å²) in [5, 5.41) is 0.268. The van der Waals surface area contributed by atoms with Crippen LogP contribution in [-0.4, -0.2) is 47.5 Å². The molecule has 150 valence electrons. The Kier molecular flexibility index (Phi) is 6.29. The topological polar surface area (TPSA) is 59.1 Å². The van der Waals surface area contributed by atoms with Gasteiger partial charge in [-0.2, -0.15) is 0 Å². The minimum atomic E-state index is -0.523. The van der Waals surface area contributed by atoms with E-state index in [-0.39, 0.29) is 17.6 Å². The molecule has 0 bridgehead atoms. The maximum Gasteiger partial charge on any atom is 0.325 e. The van der Waals surface area contributed by atoms with Gasteiger partial charge in [-0.1, -0.05) is 42.0 Å². The lowest BCUT2D eigenvalue weighted by Crippen LogP contribution is -2.36. The van der Waals surface area contributed by atoms with Gasteiger partial charge in [0.2, 0.25) is 0 Å². The van der Waals surface area contributed by atoms with Gasteiger partial charge in [-0.05, 0) is 48.5 Å². The highest BCUT2D eigenvalue weighted by atomic mass is 32.1. The van der Waals surface area contributed by atoms with Gasteiger partial charge in [0, 0.05) is 7.05 Å². The van der Waals surface area contributed by atoms with Crippen LogP contribution < -0.4 is 4.74 Å². The summed E-state index contributed by atoms with van der Waals surface area (Å²) in [7, 11) is 2.97. The number of likely N-dealkylation sites (N-methyl/N-ethyl adjacent to an activating group) is 1. The Balaban J connectivity index is 1.69. The van der Waals surface area contributed by atoms with Crippen LogP contribution in [0.4, 0.5) is 0 Å². The van der Waals surface area contributed by atoms with E-state index in [0.717, 1.165) is 16.9 Å². The Morgan fingerprint density at radius 3 is 2.55 bits per heavy atom. The van der Waals surface area contributed by atoms with Crippen LogP contribution in [0, 0.1) is 6.92 Å². The lowest BCUT2D eigenvalue weighted by molar-refractivity contribution is -0.143. The van der Waals surface area contributed by atoms with Crippen molar-refractivity contribution in [1.82, 2.24) is 9.80 Å². The van der Waals surface area contributed by atoms with Gasteiger partial charge < -0.3 is 14.4 Å². The van der Waals surface area contributed by atoms with E-state index >= 15 is 0 Å². The number of carbonyl (C=O) groups is 2. The first-order valence-corrected chi connectivity index (χ1v) is 9.46. The third kappa shape index (κ3) is 4.81. The number of hydrogen-bond acceptors (Lipinski definition) is 5. The number of rotatable bonds is 6. The SMILES string of the molecule is COC(=O)CN1C(=O)/C(=C/c2ccc(OCc3cccc(C)c3)cc2)N(C)C1=S. The molecule has 1 aliphatic heterocycles. The predicted molar refractivity (Wildman–Crippen MR) is 114 cm³/mol. The number of aryl methyl sites for hydroxylation is 1. The van der Waals surface area contributed by atoms with Crippen molar-refractivity contribution in [3.8, 4) is 5.75 Å². The fraction of sp³-hybridized carbons (Fsp3) is 0.227. The Hall–Kier alpha value is -3.19. The summed E-state index contributed by atoms with van der Waals surface area (Å²) in [5.41, 5.74) is 3.52. The molecular formula is C22H22N2O4S. The van der Waals surface area contributed by atoms with Gasteiger partial charge in [0.05, 0.1) is 7.11 Å². The van der Waals surface area contributed by atoms with E-state index in [2.05, 4.69) is 10.8 Å². The van der Waals surface area contributed by atoms with Crippen LogP contribution in [0.15, 0.2) is 54.2 Å². The number of ether oxygens (including phenoxy) is 2. The van der Waals surface area contributed by atoms with Crippen molar-refractivity contribution in [2.45, 2.75) is 13.5 Å². The van der Waals surface area contributed by atoms with Gasteiger partial charge in [-0.3, -0.25) is 14.5 Å². The van der Waals surface area contributed by atoms with Gasteiger partial charge in [0.25, 0.3) is 5.91 Å². The first-order valence-electron chi connectivity index (χ1n) is 9.05. The first kappa shape index (κ1) is 20.5. The number of amides is 1. The van der Waals surface area contributed by atoms with E-state index < -0.39 is 5.97 Å². The number of thiocarbonyl (C=S) groups is 1. The summed E-state index contributed by atoms with van der Waals surface area (Å²) >= 11 is 5.27. The van der Waals surface area contributed by atoms with Crippen molar-refractivity contribution < 1.29 is 19.1 Å². The second-order valence-electron chi connectivity index (χ2n) is 6.69. The maximum atomic E-state index is 12.6. The monoisotopic (exact) mass is 410 g/mol. The minimum absolute atomic E-state index is 0.207. The summed E-state index contributed by atoms with van der Waals surface area (Å²) < 4.78 is 10.5. The molecule has 6 nitrogen and oxygen atoms in total. The molecule has 29 heavy (non-hydrogen) atoms. The highest BCUT2D eigenvalue weighted by Crippen LogP contribution is 2.23. The van der Waals surface area contributed by atoms with Crippen molar-refractivity contribution in [2.75, 3.05) is 20.7 Å². The Morgan fingerprint density at radius 2 is 1.90 bits per heavy atom. The van der Waals surface area contributed by atoms with Gasteiger partial charge in [0.1, 0.15) is 24.6 Å². The Bertz CT molecular complexity index is 969. The molecule has 1 saturated heterocycles. The molecule has 0 aliphatic carbocycles. The number of hydrogen-bond donors (Lipinski definition) is 0. The molecule has 3 rings (SSSR count). The van der Waals surface area contributed by atoms with Crippen LogP contribution in [0.1, 0.15) is 16.7 Å². The quantitative estimate of drug-likeness (QED) is 0.414. The fourth-order valence-corrected chi connectivity index (χ4v) is 3.18. The molecule has 0 spiro atoms. The standard InChI is InChI=1S/C22H22N2O4S/c1-15-5-4-6-17(11-15)14-28-18-9-7-16(8-10-18)12-19-21(26)24(13-20(25)27-3)22(29)23(19)2/h4-12H,13-14H2,1-3H3/b19-12-. The first-order chi connectivity index (χ1) is 13.9. The minimum Gasteiger partial charge on any atom is -0.489 e. The van der Waals surface area contributed by atoms with E-state index in [4.69, 9.17) is 17.0 Å².